The fourth-order valence-electron chi connectivity index (χ4n) is 4.09. The average molecular weight is 434 g/mol. The number of hydrogen-bond donors (Lipinski definition) is 1. The summed E-state index contributed by atoms with van der Waals surface area (Å²) in [5.74, 6) is -0.504. The zero-order valence-corrected chi connectivity index (χ0v) is 19.1. The number of anilines is 1. The third-order valence-electron chi connectivity index (χ3n) is 6.34. The van der Waals surface area contributed by atoms with Crippen molar-refractivity contribution in [3.8, 4) is 0 Å². The first-order chi connectivity index (χ1) is 15.5. The van der Waals surface area contributed by atoms with Gasteiger partial charge in [0.1, 0.15) is 5.70 Å². The average Bonchev–Trinajstić information content (AvgIpc) is 3.04. The first-order valence-corrected chi connectivity index (χ1v) is 11.3. The van der Waals surface area contributed by atoms with Crippen LogP contribution < -0.4 is 5.32 Å². The third-order valence-corrected chi connectivity index (χ3v) is 6.34. The van der Waals surface area contributed by atoms with E-state index in [9.17, 15) is 9.59 Å². The summed E-state index contributed by atoms with van der Waals surface area (Å²) in [5.41, 5.74) is 5.83. The zero-order valence-electron chi connectivity index (χ0n) is 19.1. The molecule has 2 amide bonds. The lowest BCUT2D eigenvalue weighted by molar-refractivity contribution is -0.137. The summed E-state index contributed by atoms with van der Waals surface area (Å²) in [6, 6.07) is 13.9. The molecule has 0 aromatic heterocycles. The number of rotatable bonds is 7. The molecule has 2 aromatic rings. The van der Waals surface area contributed by atoms with Crippen molar-refractivity contribution in [2.24, 2.45) is 0 Å². The van der Waals surface area contributed by atoms with Gasteiger partial charge >= 0.3 is 0 Å². The van der Waals surface area contributed by atoms with Gasteiger partial charge in [-0.05, 0) is 54.7 Å². The van der Waals surface area contributed by atoms with Crippen LogP contribution in [0.2, 0.25) is 0 Å². The van der Waals surface area contributed by atoms with Crippen LogP contribution in [0.15, 0.2) is 48.2 Å². The first-order valence-electron chi connectivity index (χ1n) is 11.3. The second-order valence-corrected chi connectivity index (χ2v) is 8.44. The largest absolute Gasteiger partial charge is 0.379 e. The minimum Gasteiger partial charge on any atom is -0.379 e. The van der Waals surface area contributed by atoms with Crippen LogP contribution in [0, 0.1) is 13.8 Å². The molecule has 1 fully saturated rings. The summed E-state index contributed by atoms with van der Waals surface area (Å²) in [6.45, 7) is 10.2. The molecule has 6 nitrogen and oxygen atoms in total. The van der Waals surface area contributed by atoms with Gasteiger partial charge in [-0.25, -0.2) is 0 Å². The van der Waals surface area contributed by atoms with Gasteiger partial charge in [-0.2, -0.15) is 0 Å². The van der Waals surface area contributed by atoms with Crippen molar-refractivity contribution in [1.82, 2.24) is 9.80 Å². The maximum atomic E-state index is 13.5. The predicted octanol–water partition coefficient (Wildman–Crippen LogP) is 3.39. The van der Waals surface area contributed by atoms with Gasteiger partial charge in [0, 0.05) is 31.9 Å². The Hall–Kier alpha value is -2.96. The molecule has 2 aliphatic rings. The molecule has 4 rings (SSSR count). The van der Waals surface area contributed by atoms with Crippen molar-refractivity contribution in [3.05, 3.63) is 70.4 Å². The number of nitrogens with one attached hydrogen (secondary N) is 1. The Balaban J connectivity index is 1.63. The fourth-order valence-corrected chi connectivity index (χ4v) is 4.09. The summed E-state index contributed by atoms with van der Waals surface area (Å²) in [6.07, 6.45) is 0.948. The number of hydrogen-bond acceptors (Lipinski definition) is 5. The van der Waals surface area contributed by atoms with Crippen molar-refractivity contribution in [1.29, 1.82) is 0 Å². The number of morpholine rings is 1. The highest BCUT2D eigenvalue weighted by Crippen LogP contribution is 2.31. The standard InChI is InChI=1S/C26H31N3O3/c1-4-20-6-9-22(10-7-20)27-24-23(21-8-5-18(2)19(3)17-21)25(30)29(26(24)31)12-11-28-13-15-32-16-14-28/h5-10,17,27H,4,11-16H2,1-3H3. The molecule has 2 aliphatic heterocycles. The summed E-state index contributed by atoms with van der Waals surface area (Å²) in [5, 5.41) is 3.26. The molecule has 6 heteroatoms. The van der Waals surface area contributed by atoms with Crippen molar-refractivity contribution in [2.45, 2.75) is 27.2 Å². The van der Waals surface area contributed by atoms with Gasteiger partial charge in [-0.1, -0.05) is 37.3 Å². The van der Waals surface area contributed by atoms with E-state index in [2.05, 4.69) is 17.1 Å². The Morgan fingerprint density at radius 3 is 2.28 bits per heavy atom. The maximum absolute atomic E-state index is 13.5. The van der Waals surface area contributed by atoms with E-state index in [1.807, 2.05) is 56.3 Å². The van der Waals surface area contributed by atoms with Crippen molar-refractivity contribution >= 4 is 23.1 Å². The number of nitrogens with zero attached hydrogens (tertiary/aromatic N) is 2. The van der Waals surface area contributed by atoms with Crippen LogP contribution in [0.3, 0.4) is 0 Å². The van der Waals surface area contributed by atoms with Crippen LogP contribution in [-0.2, 0) is 20.7 Å². The summed E-state index contributed by atoms with van der Waals surface area (Å²) in [7, 11) is 0. The van der Waals surface area contributed by atoms with Crippen LogP contribution in [0.4, 0.5) is 5.69 Å². The Morgan fingerprint density at radius 1 is 0.906 bits per heavy atom. The highest BCUT2D eigenvalue weighted by Gasteiger charge is 2.39. The van der Waals surface area contributed by atoms with E-state index in [1.165, 1.54) is 10.5 Å². The highest BCUT2D eigenvalue weighted by atomic mass is 16.5. The van der Waals surface area contributed by atoms with Crippen molar-refractivity contribution in [3.63, 3.8) is 0 Å². The van der Waals surface area contributed by atoms with Gasteiger partial charge in [0.15, 0.2) is 0 Å². The third kappa shape index (κ3) is 4.61. The van der Waals surface area contributed by atoms with E-state index < -0.39 is 0 Å². The van der Waals surface area contributed by atoms with Gasteiger partial charge in [-0.15, -0.1) is 0 Å². The molecule has 0 bridgehead atoms. The van der Waals surface area contributed by atoms with Crippen molar-refractivity contribution < 1.29 is 14.3 Å². The topological polar surface area (TPSA) is 61.9 Å². The van der Waals surface area contributed by atoms with Gasteiger partial charge in [0.25, 0.3) is 11.8 Å². The van der Waals surface area contributed by atoms with E-state index in [1.54, 1.807) is 0 Å². The molecule has 1 saturated heterocycles. The smallest absolute Gasteiger partial charge is 0.278 e. The lowest BCUT2D eigenvalue weighted by Crippen LogP contribution is -2.43. The lowest BCUT2D eigenvalue weighted by Gasteiger charge is -2.28. The number of carbonyl (C=O) groups is 2. The molecule has 0 saturated carbocycles. The van der Waals surface area contributed by atoms with Crippen LogP contribution in [0.25, 0.3) is 5.57 Å². The van der Waals surface area contributed by atoms with E-state index in [0.717, 1.165) is 41.9 Å². The minimum absolute atomic E-state index is 0.237. The molecule has 0 aliphatic carbocycles. The lowest BCUT2D eigenvalue weighted by atomic mass is 9.99. The first kappa shape index (κ1) is 22.2. The molecule has 168 valence electrons. The van der Waals surface area contributed by atoms with E-state index in [-0.39, 0.29) is 11.8 Å². The number of ether oxygens (including phenoxy) is 1. The second kappa shape index (κ2) is 9.67. The molecule has 32 heavy (non-hydrogen) atoms. The Labute approximate surface area is 189 Å². The molecule has 2 aromatic carbocycles. The molecule has 0 spiro atoms. The Kier molecular flexibility index (Phi) is 6.72. The van der Waals surface area contributed by atoms with E-state index in [0.29, 0.717) is 37.6 Å². The quantitative estimate of drug-likeness (QED) is 0.679. The Bertz CT molecular complexity index is 1040. The number of aryl methyl sites for hydroxylation is 3. The molecule has 0 atom stereocenters. The minimum atomic E-state index is -0.268. The monoisotopic (exact) mass is 433 g/mol. The normalized spacial score (nSPS) is 17.4. The van der Waals surface area contributed by atoms with Crippen LogP contribution in [-0.4, -0.2) is 61.0 Å². The fraction of sp³-hybridized carbons (Fsp3) is 0.385. The molecule has 1 N–H and O–H groups in total. The van der Waals surface area contributed by atoms with E-state index >= 15 is 0 Å². The molecular formula is C26H31N3O3. The highest BCUT2D eigenvalue weighted by molar-refractivity contribution is 6.36. The van der Waals surface area contributed by atoms with Gasteiger partial charge in [-0.3, -0.25) is 19.4 Å². The van der Waals surface area contributed by atoms with Gasteiger partial charge < -0.3 is 10.1 Å². The molecule has 0 radical (unpaired) electrons. The van der Waals surface area contributed by atoms with Crippen LogP contribution >= 0.6 is 0 Å². The molecular weight excluding hydrogens is 402 g/mol. The zero-order chi connectivity index (χ0) is 22.7. The number of imide groups is 1. The van der Waals surface area contributed by atoms with Gasteiger partial charge in [0.05, 0.1) is 18.8 Å². The Morgan fingerprint density at radius 2 is 1.62 bits per heavy atom. The second-order valence-electron chi connectivity index (χ2n) is 8.44. The van der Waals surface area contributed by atoms with Crippen LogP contribution in [0.1, 0.15) is 29.2 Å². The van der Waals surface area contributed by atoms with Crippen molar-refractivity contribution in [2.75, 3.05) is 44.7 Å². The molecule has 0 unspecified atom stereocenters. The maximum Gasteiger partial charge on any atom is 0.278 e. The number of carbonyl (C=O) groups excluding carboxylic acids is 2. The number of amides is 2. The van der Waals surface area contributed by atoms with Crippen LogP contribution in [0.5, 0.6) is 0 Å². The summed E-state index contributed by atoms with van der Waals surface area (Å²) in [4.78, 5) is 30.5. The summed E-state index contributed by atoms with van der Waals surface area (Å²) < 4.78 is 5.40. The SMILES string of the molecule is CCc1ccc(NC2=C(c3ccc(C)c(C)c3)C(=O)N(CCN3CCOCC3)C2=O)cc1. The van der Waals surface area contributed by atoms with Gasteiger partial charge in [0.2, 0.25) is 0 Å². The molecule has 2 heterocycles. The van der Waals surface area contributed by atoms with E-state index in [4.69, 9.17) is 4.74 Å². The predicted molar refractivity (Wildman–Crippen MR) is 126 cm³/mol. The number of benzene rings is 2. The summed E-state index contributed by atoms with van der Waals surface area (Å²) >= 11 is 0.